The van der Waals surface area contributed by atoms with Crippen LogP contribution in [0.4, 0.5) is 0 Å². The van der Waals surface area contributed by atoms with Crippen LogP contribution in [0.5, 0.6) is 0 Å². The highest BCUT2D eigenvalue weighted by Gasteiger charge is 2.30. The molecule has 0 aromatic rings. The molecule has 0 spiro atoms. The highest BCUT2D eigenvalue weighted by atomic mass is 31.2. The summed E-state index contributed by atoms with van der Waals surface area (Å²) in [5.41, 5.74) is 0. The fraction of sp³-hybridized carbons (Fsp3) is 0.703. The Morgan fingerprint density at radius 1 is 0.225 bits per heavy atom. The second kappa shape index (κ2) is 102. The van der Waals surface area contributed by atoms with Crippen LogP contribution in [0.2, 0.25) is 0 Å². The Morgan fingerprint density at radius 2 is 0.411 bits per heavy atom. The molecular formula is C111H190O16P2. The highest BCUT2D eigenvalue weighted by molar-refractivity contribution is 7.47. The average molecular weight is 1840 g/mol. The van der Waals surface area contributed by atoms with E-state index >= 15 is 0 Å². The molecule has 0 saturated heterocycles. The second-order valence-electron chi connectivity index (χ2n) is 34.6. The number of unbranched alkanes of at least 4 members (excludes halogenated alkanes) is 45. The predicted molar refractivity (Wildman–Crippen MR) is 546 cm³/mol. The molecule has 0 heterocycles. The number of carbonyl (C=O) groups is 3. The lowest BCUT2D eigenvalue weighted by Crippen LogP contribution is -2.30. The summed E-state index contributed by atoms with van der Waals surface area (Å²) in [6.07, 6.45) is 135. The van der Waals surface area contributed by atoms with E-state index in [9.17, 15) is 43.5 Å². The Hall–Kier alpha value is -5.35. The van der Waals surface area contributed by atoms with Crippen molar-refractivity contribution in [2.24, 2.45) is 0 Å². The van der Waals surface area contributed by atoms with Crippen molar-refractivity contribution < 1.29 is 75.8 Å². The summed E-state index contributed by atoms with van der Waals surface area (Å²) in [4.78, 5) is 59.2. The lowest BCUT2D eigenvalue weighted by molar-refractivity contribution is -0.161. The van der Waals surface area contributed by atoms with Crippen LogP contribution in [0, 0.1) is 0 Å². The van der Waals surface area contributed by atoms with Gasteiger partial charge in [0.05, 0.1) is 26.4 Å². The molecule has 0 radical (unpaired) electrons. The number of esters is 3. The first-order valence-electron chi connectivity index (χ1n) is 52.1. The maximum absolute atomic E-state index is 13.1. The third kappa shape index (κ3) is 103. The number of phosphoric acid groups is 2. The zero-order valence-electron chi connectivity index (χ0n) is 82.0. The highest BCUT2D eigenvalue weighted by Crippen LogP contribution is 2.45. The number of aliphatic hydroxyl groups excluding tert-OH is 2. The molecular weight excluding hydrogens is 1650 g/mol. The van der Waals surface area contributed by atoms with E-state index in [-0.39, 0.29) is 19.3 Å². The Bertz CT molecular complexity index is 3080. The van der Waals surface area contributed by atoms with Gasteiger partial charge in [-0.2, -0.15) is 0 Å². The molecule has 0 bridgehead atoms. The van der Waals surface area contributed by atoms with E-state index in [1.54, 1.807) is 0 Å². The van der Waals surface area contributed by atoms with Gasteiger partial charge in [0.25, 0.3) is 0 Å². The second-order valence-corrected chi connectivity index (χ2v) is 37.5. The minimum atomic E-state index is -4.95. The first kappa shape index (κ1) is 124. The number of hydrogen-bond acceptors (Lipinski definition) is 14. The lowest BCUT2D eigenvalue weighted by Gasteiger charge is -2.21. The van der Waals surface area contributed by atoms with Crippen molar-refractivity contribution in [1.29, 1.82) is 0 Å². The first-order chi connectivity index (χ1) is 63.2. The van der Waals surface area contributed by atoms with Crippen LogP contribution < -0.4 is 0 Å². The third-order valence-electron chi connectivity index (χ3n) is 22.1. The number of ether oxygens (including phenoxy) is 3. The van der Waals surface area contributed by atoms with Crippen molar-refractivity contribution in [2.75, 3.05) is 39.6 Å². The molecule has 0 aliphatic rings. The molecule has 0 aliphatic carbocycles. The number of aliphatic hydroxyl groups is 2. The lowest BCUT2D eigenvalue weighted by atomic mass is 10.0. The summed E-state index contributed by atoms with van der Waals surface area (Å²) in [7, 11) is -9.82. The fourth-order valence-corrected chi connectivity index (χ4v) is 15.9. The van der Waals surface area contributed by atoms with Crippen molar-refractivity contribution in [1.82, 2.24) is 0 Å². The number of allylic oxidation sites excluding steroid dienone is 30. The molecule has 0 amide bonds. The molecule has 129 heavy (non-hydrogen) atoms. The van der Waals surface area contributed by atoms with Crippen LogP contribution in [-0.2, 0) is 55.8 Å². The van der Waals surface area contributed by atoms with Crippen molar-refractivity contribution in [2.45, 2.75) is 463 Å². The van der Waals surface area contributed by atoms with Gasteiger partial charge < -0.3 is 34.2 Å². The molecule has 0 fully saturated rings. The van der Waals surface area contributed by atoms with Gasteiger partial charge in [0.1, 0.15) is 25.4 Å². The minimum absolute atomic E-state index is 0.0910. The molecule has 16 nitrogen and oxygen atoms in total. The molecule has 0 aliphatic heterocycles. The maximum Gasteiger partial charge on any atom is 0.472 e. The van der Waals surface area contributed by atoms with Crippen molar-refractivity contribution in [3.05, 3.63) is 182 Å². The Morgan fingerprint density at radius 3 is 0.651 bits per heavy atom. The SMILES string of the molecule is CC/C=C\C/C=C\C/C=C\C/C=C\C/C=C\C/C=C\CCCCCCCCCCC(=O)OC(COC(=O)CCCCCCCCCCCCCCCCCCC/C=C\C/C=C\C/C=C\C/C=C\CCCCC)COP(=O)(O)OCC(O)COP(=O)(O)OCC(O)COC(=O)CCCCCCCCCCCCCCCCCCC/C=C\C/C=C\C/C=C\C/C=C\C/C=C\CC. The summed E-state index contributed by atoms with van der Waals surface area (Å²) < 4.78 is 61.7. The van der Waals surface area contributed by atoms with E-state index in [4.69, 9.17) is 32.3 Å². The molecule has 5 atom stereocenters. The van der Waals surface area contributed by atoms with Gasteiger partial charge >= 0.3 is 33.6 Å². The van der Waals surface area contributed by atoms with Gasteiger partial charge in [-0.15, -0.1) is 0 Å². The molecule has 5 unspecified atom stereocenters. The standard InChI is InChI=1S/C111H190O16P2/c1-4-7-10-13-16-19-22-25-28-31-34-37-40-43-46-48-50-52-54-56-59-61-64-67-70-73-76-79-82-85-88-91-94-97-109(114)121-100-106(112)101-123-128(117,118)124-102-107(113)103-125-129(119,120)126-105-108(127-111(116)99-96-93-90-87-84-81-78-75-72-69-66-63-58-45-42-39-36-33-30-27-24-21-18-15-12-9-6-3)104-122-110(115)98-95-92-89-86-83-80-77-74-71-68-65-62-60-57-55-53-51-49-47-44-41-38-35-32-29-26-23-20-17-14-11-8-5-2/h7,9-10,12,16-21,25-30,34-39,43-47,58,66,69,106-108,112-113H,4-6,8,11,13-15,22-24,31-33,40-42,48-57,59-65,67-68,70-105H2,1-3H3,(H,117,118)(H,119,120)/b10-7-,12-9-,19-16-,20-17-,21-18-,28-25-,29-26-,30-27-,37-34-,38-35-,39-36-,46-43-,47-44-,58-45-,69-66-. The predicted octanol–water partition coefficient (Wildman–Crippen LogP) is 33.1. The third-order valence-corrected chi connectivity index (χ3v) is 24.0. The zero-order valence-corrected chi connectivity index (χ0v) is 83.8. The van der Waals surface area contributed by atoms with E-state index in [2.05, 4.69) is 203 Å². The average Bonchev–Trinajstić information content (AvgIpc) is 0.899. The Kier molecular flexibility index (Phi) is 97.4. The molecule has 0 aromatic carbocycles. The molecule has 4 N–H and O–H groups in total. The van der Waals surface area contributed by atoms with E-state index in [0.717, 1.165) is 173 Å². The van der Waals surface area contributed by atoms with Crippen LogP contribution in [0.15, 0.2) is 182 Å². The normalized spacial score (nSPS) is 14.4. The first-order valence-corrected chi connectivity index (χ1v) is 55.1. The van der Waals surface area contributed by atoms with E-state index < -0.39 is 91.5 Å². The molecule has 18 heteroatoms. The zero-order chi connectivity index (χ0) is 93.5. The minimum Gasteiger partial charge on any atom is -0.463 e. The summed E-state index contributed by atoms with van der Waals surface area (Å²) in [5, 5.41) is 20.8. The molecule has 0 aromatic heterocycles. The Labute approximate surface area is 789 Å². The topological polar surface area (TPSA) is 231 Å². The van der Waals surface area contributed by atoms with E-state index in [1.807, 2.05) is 0 Å². The van der Waals surface area contributed by atoms with Crippen LogP contribution in [0.1, 0.15) is 445 Å². The number of hydrogen-bond donors (Lipinski definition) is 4. The molecule has 0 rings (SSSR count). The number of carbonyl (C=O) groups excluding carboxylic acids is 3. The molecule has 0 saturated carbocycles. The van der Waals surface area contributed by atoms with Crippen molar-refractivity contribution in [3.63, 3.8) is 0 Å². The van der Waals surface area contributed by atoms with Gasteiger partial charge in [-0.05, 0) is 161 Å². The van der Waals surface area contributed by atoms with Crippen LogP contribution in [0.25, 0.3) is 0 Å². The quantitative estimate of drug-likeness (QED) is 0.0146. The summed E-state index contributed by atoms with van der Waals surface area (Å²) in [5.74, 6) is -1.57. The monoisotopic (exact) mass is 1840 g/mol. The fourth-order valence-electron chi connectivity index (χ4n) is 14.3. The summed E-state index contributed by atoms with van der Waals surface area (Å²) in [6, 6.07) is 0. The van der Waals surface area contributed by atoms with Gasteiger partial charge in [-0.1, -0.05) is 447 Å². The van der Waals surface area contributed by atoms with Crippen LogP contribution in [0.3, 0.4) is 0 Å². The Balaban J connectivity index is 4.61. The van der Waals surface area contributed by atoms with Gasteiger partial charge in [0.2, 0.25) is 0 Å². The molecule has 740 valence electrons. The number of rotatable bonds is 98. The van der Waals surface area contributed by atoms with Crippen molar-refractivity contribution in [3.8, 4) is 0 Å². The van der Waals surface area contributed by atoms with Crippen molar-refractivity contribution >= 4 is 33.6 Å². The maximum atomic E-state index is 13.1. The summed E-state index contributed by atoms with van der Waals surface area (Å²) >= 11 is 0. The largest absolute Gasteiger partial charge is 0.472 e. The van der Waals surface area contributed by atoms with Crippen LogP contribution in [-0.4, -0.2) is 95.9 Å². The van der Waals surface area contributed by atoms with Gasteiger partial charge in [-0.3, -0.25) is 32.5 Å². The van der Waals surface area contributed by atoms with E-state index in [1.165, 1.54) is 212 Å². The van der Waals surface area contributed by atoms with Gasteiger partial charge in [-0.25, -0.2) is 9.13 Å². The van der Waals surface area contributed by atoms with Gasteiger partial charge in [0.15, 0.2) is 6.10 Å². The van der Waals surface area contributed by atoms with Gasteiger partial charge in [0, 0.05) is 19.3 Å². The smallest absolute Gasteiger partial charge is 0.463 e. The number of phosphoric ester groups is 2. The van der Waals surface area contributed by atoms with Crippen LogP contribution >= 0.6 is 15.6 Å². The van der Waals surface area contributed by atoms with E-state index in [0.29, 0.717) is 19.3 Å². The summed E-state index contributed by atoms with van der Waals surface area (Å²) in [6.45, 7) is 2.49.